The van der Waals surface area contributed by atoms with Gasteiger partial charge in [0.05, 0.1) is 12.0 Å². The molecule has 0 bridgehead atoms. The van der Waals surface area contributed by atoms with E-state index in [1.54, 1.807) is 12.7 Å². The Morgan fingerprint density at radius 2 is 2.17 bits per heavy atom. The van der Waals surface area contributed by atoms with Crippen LogP contribution >= 0.6 is 0 Å². The highest BCUT2D eigenvalue weighted by Gasteiger charge is 2.24. The summed E-state index contributed by atoms with van der Waals surface area (Å²) in [6.45, 7) is 5.32. The first-order valence-electron chi connectivity index (χ1n) is 8.44. The smallest absolute Gasteiger partial charge is 0.138 e. The lowest BCUT2D eigenvalue weighted by Crippen LogP contribution is -2.32. The summed E-state index contributed by atoms with van der Waals surface area (Å²) < 4.78 is 4.00. The topological polar surface area (TPSA) is 51.8 Å². The number of rotatable bonds is 5. The van der Waals surface area contributed by atoms with Crippen LogP contribution in [-0.2, 0) is 13.1 Å². The van der Waals surface area contributed by atoms with Crippen LogP contribution in [0.25, 0.3) is 5.69 Å². The molecule has 1 aliphatic rings. The molecule has 2 aromatic heterocycles. The van der Waals surface area contributed by atoms with Crippen molar-refractivity contribution in [1.29, 1.82) is 0 Å². The van der Waals surface area contributed by atoms with Crippen molar-refractivity contribution in [2.45, 2.75) is 38.9 Å². The summed E-state index contributed by atoms with van der Waals surface area (Å²) in [5.41, 5.74) is 3.67. The number of hydrogen-bond acceptors (Lipinski definition) is 4. The zero-order valence-corrected chi connectivity index (χ0v) is 13.9. The van der Waals surface area contributed by atoms with Crippen LogP contribution in [0.5, 0.6) is 0 Å². The predicted molar refractivity (Wildman–Crippen MR) is 91.8 cm³/mol. The quantitative estimate of drug-likeness (QED) is 0.724. The molecule has 6 nitrogen and oxygen atoms in total. The molecule has 3 aromatic rings. The van der Waals surface area contributed by atoms with Crippen LogP contribution in [0, 0.1) is 6.92 Å². The third-order valence-electron chi connectivity index (χ3n) is 4.79. The third-order valence-corrected chi connectivity index (χ3v) is 4.79. The molecule has 0 radical (unpaired) electrons. The van der Waals surface area contributed by atoms with E-state index in [1.807, 2.05) is 23.4 Å². The van der Waals surface area contributed by atoms with E-state index in [-0.39, 0.29) is 0 Å². The Hall–Kier alpha value is -2.47. The van der Waals surface area contributed by atoms with Crippen LogP contribution in [0.15, 0.2) is 49.6 Å². The number of nitrogens with zero attached hydrogens (tertiary/aromatic N) is 6. The number of likely N-dealkylation sites (tertiary alicyclic amines) is 1. The number of aryl methyl sites for hydroxylation is 1. The van der Waals surface area contributed by atoms with Gasteiger partial charge in [-0.1, -0.05) is 12.1 Å². The van der Waals surface area contributed by atoms with Crippen molar-refractivity contribution < 1.29 is 0 Å². The van der Waals surface area contributed by atoms with Gasteiger partial charge < -0.3 is 4.57 Å². The second-order valence-electron chi connectivity index (χ2n) is 6.49. The van der Waals surface area contributed by atoms with Crippen LogP contribution in [0.2, 0.25) is 0 Å². The third kappa shape index (κ3) is 3.10. The minimum Gasteiger partial charge on any atom is -0.336 e. The van der Waals surface area contributed by atoms with Gasteiger partial charge in [-0.05, 0) is 43.5 Å². The average Bonchev–Trinajstić information content (AvgIpc) is 3.32. The van der Waals surface area contributed by atoms with Gasteiger partial charge in [-0.2, -0.15) is 5.10 Å². The normalized spacial score (nSPS) is 18.3. The number of hydrogen-bond donors (Lipinski definition) is 0. The van der Waals surface area contributed by atoms with Crippen molar-refractivity contribution >= 4 is 0 Å². The minimum atomic E-state index is 0.592. The molecule has 3 heterocycles. The maximum atomic E-state index is 4.22. The first-order chi connectivity index (χ1) is 11.8. The Morgan fingerprint density at radius 3 is 2.92 bits per heavy atom. The predicted octanol–water partition coefficient (Wildman–Crippen LogP) is 2.44. The largest absolute Gasteiger partial charge is 0.336 e. The first kappa shape index (κ1) is 15.1. The zero-order chi connectivity index (χ0) is 16.4. The molecule has 1 aromatic carbocycles. The fourth-order valence-electron chi connectivity index (χ4n) is 3.59. The Kier molecular flexibility index (Phi) is 4.13. The zero-order valence-electron chi connectivity index (χ0n) is 13.9. The molecular formula is C18H22N6. The molecule has 0 saturated carbocycles. The van der Waals surface area contributed by atoms with Crippen molar-refractivity contribution in [3.05, 3.63) is 60.7 Å². The Labute approximate surface area is 141 Å². The summed E-state index contributed by atoms with van der Waals surface area (Å²) in [7, 11) is 0. The molecule has 1 saturated heterocycles. The molecule has 0 spiro atoms. The van der Waals surface area contributed by atoms with Gasteiger partial charge in [-0.25, -0.2) is 14.6 Å². The monoisotopic (exact) mass is 322 g/mol. The summed E-state index contributed by atoms with van der Waals surface area (Å²) in [5, 5.41) is 4.22. The molecule has 4 rings (SSSR count). The van der Waals surface area contributed by atoms with Gasteiger partial charge in [0.2, 0.25) is 0 Å². The summed E-state index contributed by atoms with van der Waals surface area (Å²) in [4.78, 5) is 10.8. The first-order valence-corrected chi connectivity index (χ1v) is 8.44. The molecule has 0 N–H and O–H groups in total. The number of imidazole rings is 1. The Bertz CT molecular complexity index is 778. The lowest BCUT2D eigenvalue weighted by Gasteiger charge is -2.25. The van der Waals surface area contributed by atoms with Crippen LogP contribution in [0.4, 0.5) is 0 Å². The van der Waals surface area contributed by atoms with Gasteiger partial charge in [0, 0.05) is 31.5 Å². The lowest BCUT2D eigenvalue weighted by molar-refractivity contribution is 0.224. The summed E-state index contributed by atoms with van der Waals surface area (Å²) in [6, 6.07) is 7.20. The minimum absolute atomic E-state index is 0.592. The summed E-state index contributed by atoms with van der Waals surface area (Å²) >= 11 is 0. The van der Waals surface area contributed by atoms with E-state index >= 15 is 0 Å². The fraction of sp³-hybridized carbons (Fsp3) is 0.389. The molecule has 1 fully saturated rings. The van der Waals surface area contributed by atoms with Gasteiger partial charge in [0.25, 0.3) is 0 Å². The van der Waals surface area contributed by atoms with E-state index in [9.17, 15) is 0 Å². The van der Waals surface area contributed by atoms with Crippen molar-refractivity contribution in [2.75, 3.05) is 6.54 Å². The van der Waals surface area contributed by atoms with Crippen LogP contribution in [0.3, 0.4) is 0 Å². The molecule has 24 heavy (non-hydrogen) atoms. The van der Waals surface area contributed by atoms with Crippen molar-refractivity contribution in [1.82, 2.24) is 29.2 Å². The van der Waals surface area contributed by atoms with E-state index in [0.717, 1.165) is 18.8 Å². The standard InChI is InChI=1S/C18H22N6/c1-15-9-16(4-5-18(15)24-14-20-12-21-24)10-23-7-2-3-17(23)11-22-8-6-19-13-22/h4-6,8-9,12-14,17H,2-3,7,10-11H2,1H3/t17-/m1/s1. The van der Waals surface area contributed by atoms with Crippen molar-refractivity contribution in [3.8, 4) is 5.69 Å². The molecule has 6 heteroatoms. The van der Waals surface area contributed by atoms with Crippen LogP contribution in [-0.4, -0.2) is 41.8 Å². The molecule has 0 amide bonds. The molecule has 0 unspecified atom stereocenters. The van der Waals surface area contributed by atoms with E-state index < -0.39 is 0 Å². The second kappa shape index (κ2) is 6.57. The molecular weight excluding hydrogens is 300 g/mol. The van der Waals surface area contributed by atoms with Crippen molar-refractivity contribution in [2.24, 2.45) is 0 Å². The average molecular weight is 322 g/mol. The van der Waals surface area contributed by atoms with Crippen LogP contribution < -0.4 is 0 Å². The highest BCUT2D eigenvalue weighted by Crippen LogP contribution is 2.23. The fourth-order valence-corrected chi connectivity index (χ4v) is 3.59. The van der Waals surface area contributed by atoms with Gasteiger partial charge in [0.15, 0.2) is 0 Å². The highest BCUT2D eigenvalue weighted by molar-refractivity contribution is 5.41. The molecule has 124 valence electrons. The maximum Gasteiger partial charge on any atom is 0.138 e. The maximum absolute atomic E-state index is 4.22. The van der Waals surface area contributed by atoms with E-state index in [1.165, 1.54) is 30.5 Å². The second-order valence-corrected chi connectivity index (χ2v) is 6.49. The number of benzene rings is 1. The van der Waals surface area contributed by atoms with Crippen molar-refractivity contribution in [3.63, 3.8) is 0 Å². The lowest BCUT2D eigenvalue weighted by atomic mass is 10.1. The van der Waals surface area contributed by atoms with Gasteiger partial charge >= 0.3 is 0 Å². The number of aromatic nitrogens is 5. The van der Waals surface area contributed by atoms with Crippen LogP contribution in [0.1, 0.15) is 24.0 Å². The Morgan fingerprint density at radius 1 is 1.21 bits per heavy atom. The van der Waals surface area contributed by atoms with E-state index in [0.29, 0.717) is 6.04 Å². The van der Waals surface area contributed by atoms with E-state index in [4.69, 9.17) is 0 Å². The molecule has 0 aliphatic carbocycles. The van der Waals surface area contributed by atoms with E-state index in [2.05, 4.69) is 49.7 Å². The van der Waals surface area contributed by atoms with Gasteiger partial charge in [-0.15, -0.1) is 0 Å². The van der Waals surface area contributed by atoms with Gasteiger partial charge in [0.1, 0.15) is 12.7 Å². The highest BCUT2D eigenvalue weighted by atomic mass is 15.3. The Balaban J connectivity index is 1.47. The molecule has 1 atom stereocenters. The SMILES string of the molecule is Cc1cc(CN2CCC[C@@H]2Cn2ccnc2)ccc1-n1cncn1. The van der Waals surface area contributed by atoms with Gasteiger partial charge in [-0.3, -0.25) is 4.90 Å². The summed E-state index contributed by atoms with van der Waals surface area (Å²) in [5.74, 6) is 0. The molecule has 1 aliphatic heterocycles. The summed E-state index contributed by atoms with van der Waals surface area (Å²) in [6.07, 6.45) is 11.7.